The molecule has 0 aliphatic carbocycles. The molecule has 2 aromatic rings. The second kappa shape index (κ2) is 7.28. The molecule has 1 aromatic heterocycles. The van der Waals surface area contributed by atoms with Gasteiger partial charge in [-0.2, -0.15) is 0 Å². The zero-order chi connectivity index (χ0) is 15.2. The molecule has 0 radical (unpaired) electrons. The van der Waals surface area contributed by atoms with Crippen LogP contribution in [-0.4, -0.2) is 4.92 Å². The van der Waals surface area contributed by atoms with Gasteiger partial charge in [0.05, 0.1) is 4.92 Å². The van der Waals surface area contributed by atoms with Crippen LogP contribution in [0.3, 0.4) is 0 Å². The summed E-state index contributed by atoms with van der Waals surface area (Å²) in [6, 6.07) is 7.71. The fourth-order valence-corrected chi connectivity index (χ4v) is 3.07. The highest BCUT2D eigenvalue weighted by Crippen LogP contribution is 2.25. The van der Waals surface area contributed by atoms with E-state index in [1.807, 2.05) is 17.5 Å². The molecule has 0 spiro atoms. The highest BCUT2D eigenvalue weighted by atomic mass is 32.1. The number of hydrogen-bond acceptors (Lipinski definition) is 4. The third kappa shape index (κ3) is 4.09. The first-order valence-corrected chi connectivity index (χ1v) is 7.69. The fourth-order valence-electron chi connectivity index (χ4n) is 2.23. The molecule has 4 nitrogen and oxygen atoms in total. The molecule has 0 aliphatic rings. The van der Waals surface area contributed by atoms with E-state index in [0.717, 1.165) is 18.9 Å². The van der Waals surface area contributed by atoms with Gasteiger partial charge in [-0.05, 0) is 30.0 Å². The lowest BCUT2D eigenvalue weighted by molar-refractivity contribution is -0.385. The molecule has 2 rings (SSSR count). The standard InChI is InChI=1S/C15H17FN2O2S/c1-2-4-13(15-5-3-8-21-15)17-10-11-9-12(16)6-7-14(11)18(19)20/h3,5-9,13,17H,2,4,10H2,1H3. The Hall–Kier alpha value is -1.79. The maximum atomic E-state index is 13.3. The first-order chi connectivity index (χ1) is 10.1. The van der Waals surface area contributed by atoms with E-state index in [9.17, 15) is 14.5 Å². The summed E-state index contributed by atoms with van der Waals surface area (Å²) in [7, 11) is 0. The van der Waals surface area contributed by atoms with Gasteiger partial charge >= 0.3 is 0 Å². The minimum Gasteiger partial charge on any atom is -0.305 e. The lowest BCUT2D eigenvalue weighted by Crippen LogP contribution is -2.20. The molecular formula is C15H17FN2O2S. The minimum absolute atomic E-state index is 0.0506. The normalized spacial score (nSPS) is 12.3. The quantitative estimate of drug-likeness (QED) is 0.608. The van der Waals surface area contributed by atoms with Gasteiger partial charge in [0.2, 0.25) is 0 Å². The molecule has 0 aliphatic heterocycles. The van der Waals surface area contributed by atoms with Crippen LogP contribution >= 0.6 is 11.3 Å². The highest BCUT2D eigenvalue weighted by molar-refractivity contribution is 7.10. The molecule has 0 saturated carbocycles. The molecule has 0 amide bonds. The molecule has 0 bridgehead atoms. The largest absolute Gasteiger partial charge is 0.305 e. The SMILES string of the molecule is CCCC(NCc1cc(F)ccc1[N+](=O)[O-])c1cccs1. The summed E-state index contributed by atoms with van der Waals surface area (Å²) >= 11 is 1.65. The molecule has 21 heavy (non-hydrogen) atoms. The third-order valence-electron chi connectivity index (χ3n) is 3.24. The molecule has 1 heterocycles. The van der Waals surface area contributed by atoms with Crippen molar-refractivity contribution in [1.29, 1.82) is 0 Å². The number of nitro groups is 1. The topological polar surface area (TPSA) is 55.2 Å². The third-order valence-corrected chi connectivity index (χ3v) is 4.23. The van der Waals surface area contributed by atoms with Gasteiger partial charge in [-0.15, -0.1) is 11.3 Å². The number of halogens is 1. The van der Waals surface area contributed by atoms with Crippen LogP contribution in [0.1, 0.15) is 36.2 Å². The average Bonchev–Trinajstić information content (AvgIpc) is 2.97. The summed E-state index contributed by atoms with van der Waals surface area (Å²) in [6.07, 6.45) is 1.93. The van der Waals surface area contributed by atoms with Crippen molar-refractivity contribution in [3.05, 3.63) is 62.1 Å². The Balaban J connectivity index is 2.14. The van der Waals surface area contributed by atoms with E-state index in [1.165, 1.54) is 17.0 Å². The molecule has 1 atom stereocenters. The number of nitrogens with zero attached hydrogens (tertiary/aromatic N) is 1. The molecule has 6 heteroatoms. The van der Waals surface area contributed by atoms with Gasteiger partial charge in [-0.1, -0.05) is 19.4 Å². The molecule has 1 unspecified atom stereocenters. The Morgan fingerprint density at radius 2 is 2.24 bits per heavy atom. The number of nitrogens with one attached hydrogen (secondary N) is 1. The van der Waals surface area contributed by atoms with Crippen LogP contribution in [0, 0.1) is 15.9 Å². The Labute approximate surface area is 126 Å². The van der Waals surface area contributed by atoms with E-state index in [-0.39, 0.29) is 18.3 Å². The molecule has 1 N–H and O–H groups in total. The lowest BCUT2D eigenvalue weighted by atomic mass is 10.1. The smallest absolute Gasteiger partial charge is 0.274 e. The molecular weight excluding hydrogens is 291 g/mol. The maximum Gasteiger partial charge on any atom is 0.274 e. The van der Waals surface area contributed by atoms with Crippen LogP contribution < -0.4 is 5.32 Å². The Morgan fingerprint density at radius 1 is 1.43 bits per heavy atom. The highest BCUT2D eigenvalue weighted by Gasteiger charge is 2.17. The van der Waals surface area contributed by atoms with E-state index in [0.29, 0.717) is 5.56 Å². The Bertz CT molecular complexity index is 602. The Kier molecular flexibility index (Phi) is 5.41. The van der Waals surface area contributed by atoms with E-state index >= 15 is 0 Å². The van der Waals surface area contributed by atoms with Crippen molar-refractivity contribution >= 4 is 17.0 Å². The van der Waals surface area contributed by atoms with E-state index in [2.05, 4.69) is 12.2 Å². The van der Waals surface area contributed by atoms with Gasteiger partial charge in [0, 0.05) is 29.1 Å². The summed E-state index contributed by atoms with van der Waals surface area (Å²) in [5.41, 5.74) is 0.322. The maximum absolute atomic E-state index is 13.3. The van der Waals surface area contributed by atoms with Crippen molar-refractivity contribution in [3.63, 3.8) is 0 Å². The zero-order valence-electron chi connectivity index (χ0n) is 11.7. The van der Waals surface area contributed by atoms with Crippen molar-refractivity contribution in [2.75, 3.05) is 0 Å². The zero-order valence-corrected chi connectivity index (χ0v) is 12.5. The monoisotopic (exact) mass is 308 g/mol. The predicted octanol–water partition coefficient (Wildman–Crippen LogP) is 4.43. The van der Waals surface area contributed by atoms with Crippen molar-refractivity contribution in [1.82, 2.24) is 5.32 Å². The minimum atomic E-state index is -0.476. The molecule has 1 aromatic carbocycles. The first-order valence-electron chi connectivity index (χ1n) is 6.81. The van der Waals surface area contributed by atoms with Crippen LogP contribution in [0.15, 0.2) is 35.7 Å². The predicted molar refractivity (Wildman–Crippen MR) is 81.9 cm³/mol. The van der Waals surface area contributed by atoms with Gasteiger partial charge in [-0.25, -0.2) is 4.39 Å². The van der Waals surface area contributed by atoms with E-state index in [1.54, 1.807) is 11.3 Å². The van der Waals surface area contributed by atoms with Crippen LogP contribution in [0.5, 0.6) is 0 Å². The molecule has 112 valence electrons. The van der Waals surface area contributed by atoms with Crippen molar-refractivity contribution in [2.45, 2.75) is 32.4 Å². The number of thiophene rings is 1. The fraction of sp³-hybridized carbons (Fsp3) is 0.333. The Morgan fingerprint density at radius 3 is 2.86 bits per heavy atom. The lowest BCUT2D eigenvalue weighted by Gasteiger charge is -2.16. The van der Waals surface area contributed by atoms with Crippen molar-refractivity contribution in [2.24, 2.45) is 0 Å². The van der Waals surface area contributed by atoms with Crippen LogP contribution in [0.2, 0.25) is 0 Å². The summed E-state index contributed by atoms with van der Waals surface area (Å²) in [5, 5.41) is 16.3. The number of hydrogen-bond donors (Lipinski definition) is 1. The number of nitro benzene ring substituents is 1. The number of rotatable bonds is 7. The van der Waals surface area contributed by atoms with Gasteiger partial charge < -0.3 is 5.32 Å². The van der Waals surface area contributed by atoms with Crippen LogP contribution in [-0.2, 0) is 6.54 Å². The second-order valence-electron chi connectivity index (χ2n) is 4.77. The average molecular weight is 308 g/mol. The van der Waals surface area contributed by atoms with Crippen LogP contribution in [0.4, 0.5) is 10.1 Å². The van der Waals surface area contributed by atoms with Gasteiger partial charge in [0.15, 0.2) is 0 Å². The van der Waals surface area contributed by atoms with Gasteiger partial charge in [0.25, 0.3) is 5.69 Å². The summed E-state index contributed by atoms with van der Waals surface area (Å²) in [5.74, 6) is -0.458. The van der Waals surface area contributed by atoms with Gasteiger partial charge in [-0.3, -0.25) is 10.1 Å². The summed E-state index contributed by atoms with van der Waals surface area (Å²) < 4.78 is 13.3. The van der Waals surface area contributed by atoms with E-state index < -0.39 is 10.7 Å². The molecule has 0 saturated heterocycles. The first kappa shape index (κ1) is 15.6. The van der Waals surface area contributed by atoms with Crippen LogP contribution in [0.25, 0.3) is 0 Å². The molecule has 0 fully saturated rings. The summed E-state index contributed by atoms with van der Waals surface area (Å²) in [4.78, 5) is 11.7. The number of benzene rings is 1. The second-order valence-corrected chi connectivity index (χ2v) is 5.75. The van der Waals surface area contributed by atoms with Gasteiger partial charge in [0.1, 0.15) is 5.82 Å². The van der Waals surface area contributed by atoms with Crippen molar-refractivity contribution in [3.8, 4) is 0 Å². The van der Waals surface area contributed by atoms with Crippen molar-refractivity contribution < 1.29 is 9.31 Å². The summed E-state index contributed by atoms with van der Waals surface area (Å²) in [6.45, 7) is 2.36. The van der Waals surface area contributed by atoms with E-state index in [4.69, 9.17) is 0 Å².